The fourth-order valence-electron chi connectivity index (χ4n) is 2.94. The van der Waals surface area contributed by atoms with E-state index in [0.717, 1.165) is 35.2 Å². The van der Waals surface area contributed by atoms with Crippen molar-refractivity contribution in [2.45, 2.75) is 31.0 Å². The highest BCUT2D eigenvalue weighted by atomic mass is 79.9. The number of aliphatic hydroxyl groups is 1. The van der Waals surface area contributed by atoms with Gasteiger partial charge in [-0.15, -0.1) is 11.3 Å². The summed E-state index contributed by atoms with van der Waals surface area (Å²) in [6, 6.07) is 1.92. The van der Waals surface area contributed by atoms with E-state index in [9.17, 15) is 5.11 Å². The number of hydrogen-bond acceptors (Lipinski definition) is 4. The molecule has 2 aliphatic heterocycles. The molecule has 0 aliphatic carbocycles. The van der Waals surface area contributed by atoms with Gasteiger partial charge in [0.15, 0.2) is 0 Å². The summed E-state index contributed by atoms with van der Waals surface area (Å²) < 4.78 is 12.9. The van der Waals surface area contributed by atoms with Crippen molar-refractivity contribution in [3.63, 3.8) is 0 Å². The highest BCUT2D eigenvalue weighted by Gasteiger charge is 2.43. The third-order valence-corrected chi connectivity index (χ3v) is 6.55. The molecule has 106 valence electrons. The van der Waals surface area contributed by atoms with Crippen LogP contribution in [0.15, 0.2) is 10.5 Å². The summed E-state index contributed by atoms with van der Waals surface area (Å²) in [4.78, 5) is 0.929. The molecule has 3 unspecified atom stereocenters. The Morgan fingerprint density at radius 3 is 3.00 bits per heavy atom. The summed E-state index contributed by atoms with van der Waals surface area (Å²) in [6.07, 6.45) is 2.22. The number of ether oxygens (including phenoxy) is 2. The molecule has 2 saturated heterocycles. The fourth-order valence-corrected chi connectivity index (χ4v) is 4.76. The van der Waals surface area contributed by atoms with Crippen molar-refractivity contribution in [2.24, 2.45) is 5.92 Å². The summed E-state index contributed by atoms with van der Waals surface area (Å²) in [5.74, 6) is 0.220. The van der Waals surface area contributed by atoms with Crippen molar-refractivity contribution in [1.29, 1.82) is 0 Å². The van der Waals surface area contributed by atoms with Crippen LogP contribution < -0.4 is 0 Å². The molecule has 2 aliphatic rings. The number of halogens is 2. The van der Waals surface area contributed by atoms with Gasteiger partial charge in [0, 0.05) is 29.0 Å². The monoisotopic (exact) mass is 366 g/mol. The van der Waals surface area contributed by atoms with Crippen molar-refractivity contribution in [3.8, 4) is 0 Å². The topological polar surface area (TPSA) is 38.7 Å². The molecule has 3 nitrogen and oxygen atoms in total. The van der Waals surface area contributed by atoms with Crippen LogP contribution in [0.4, 0.5) is 0 Å². The molecular weight excluding hydrogens is 352 g/mol. The molecule has 3 heterocycles. The summed E-state index contributed by atoms with van der Waals surface area (Å²) in [7, 11) is 0. The Bertz CT molecular complexity index is 439. The van der Waals surface area contributed by atoms with Gasteiger partial charge in [0.1, 0.15) is 4.34 Å². The predicted octanol–water partition coefficient (Wildman–Crippen LogP) is 3.78. The SMILES string of the molecule is OC(c1cc(Br)c(Cl)s1)C1CCOC2(CCOC2)C1. The number of thiophene rings is 1. The van der Waals surface area contributed by atoms with Crippen LogP contribution in [0, 0.1) is 5.92 Å². The molecular formula is C13H16BrClO3S. The quantitative estimate of drug-likeness (QED) is 0.864. The zero-order valence-electron chi connectivity index (χ0n) is 10.4. The predicted molar refractivity (Wildman–Crippen MR) is 78.8 cm³/mol. The third kappa shape index (κ3) is 2.87. The molecule has 1 spiro atoms. The molecule has 0 bridgehead atoms. The first-order chi connectivity index (χ1) is 9.10. The average Bonchev–Trinajstić information content (AvgIpc) is 2.97. The summed E-state index contributed by atoms with van der Waals surface area (Å²) in [5, 5.41) is 10.6. The first-order valence-corrected chi connectivity index (χ1v) is 8.43. The Hall–Kier alpha value is 0.350. The maximum absolute atomic E-state index is 10.6. The second kappa shape index (κ2) is 5.62. The Labute approximate surface area is 130 Å². The van der Waals surface area contributed by atoms with Gasteiger partial charge in [-0.25, -0.2) is 0 Å². The number of hydrogen-bond donors (Lipinski definition) is 1. The minimum absolute atomic E-state index is 0.165. The van der Waals surface area contributed by atoms with Crippen LogP contribution in [0.5, 0.6) is 0 Å². The lowest BCUT2D eigenvalue weighted by molar-refractivity contribution is -0.116. The van der Waals surface area contributed by atoms with Crippen molar-refractivity contribution < 1.29 is 14.6 Å². The molecule has 1 aromatic rings. The van der Waals surface area contributed by atoms with Gasteiger partial charge in [-0.05, 0) is 40.8 Å². The number of rotatable bonds is 2. The first-order valence-electron chi connectivity index (χ1n) is 6.44. The van der Waals surface area contributed by atoms with E-state index < -0.39 is 6.10 Å². The lowest BCUT2D eigenvalue weighted by Gasteiger charge is -2.38. The van der Waals surface area contributed by atoms with Crippen molar-refractivity contribution in [1.82, 2.24) is 0 Å². The average molecular weight is 368 g/mol. The zero-order valence-corrected chi connectivity index (χ0v) is 13.6. The fraction of sp³-hybridized carbons (Fsp3) is 0.692. The van der Waals surface area contributed by atoms with Gasteiger partial charge >= 0.3 is 0 Å². The molecule has 1 N–H and O–H groups in total. The van der Waals surface area contributed by atoms with Crippen LogP contribution >= 0.6 is 38.9 Å². The van der Waals surface area contributed by atoms with Gasteiger partial charge in [-0.3, -0.25) is 0 Å². The molecule has 0 radical (unpaired) electrons. The maximum atomic E-state index is 10.6. The Kier molecular flexibility index (Phi) is 4.23. The first kappa shape index (κ1) is 14.3. The van der Waals surface area contributed by atoms with Gasteiger partial charge in [0.25, 0.3) is 0 Å². The molecule has 0 aromatic carbocycles. The van der Waals surface area contributed by atoms with E-state index in [0.29, 0.717) is 17.6 Å². The van der Waals surface area contributed by atoms with Crippen molar-refractivity contribution in [2.75, 3.05) is 19.8 Å². The molecule has 2 fully saturated rings. The lowest BCUT2D eigenvalue weighted by Crippen LogP contribution is -2.41. The maximum Gasteiger partial charge on any atom is 0.107 e. The molecule has 0 amide bonds. The summed E-state index contributed by atoms with van der Waals surface area (Å²) >= 11 is 10.9. The van der Waals surface area contributed by atoms with E-state index in [4.69, 9.17) is 21.1 Å². The van der Waals surface area contributed by atoms with Gasteiger partial charge in [-0.1, -0.05) is 11.6 Å². The molecule has 3 rings (SSSR count). The summed E-state index contributed by atoms with van der Waals surface area (Å²) in [6.45, 7) is 2.12. The van der Waals surface area contributed by atoms with Crippen LogP contribution in [0.3, 0.4) is 0 Å². The Balaban J connectivity index is 1.74. The van der Waals surface area contributed by atoms with Gasteiger partial charge in [0.05, 0.1) is 18.3 Å². The van der Waals surface area contributed by atoms with Crippen molar-refractivity contribution >= 4 is 38.9 Å². The Morgan fingerprint density at radius 2 is 2.37 bits per heavy atom. The second-order valence-electron chi connectivity index (χ2n) is 5.30. The van der Waals surface area contributed by atoms with Gasteiger partial charge in [0.2, 0.25) is 0 Å². The summed E-state index contributed by atoms with van der Waals surface area (Å²) in [5.41, 5.74) is -0.165. The van der Waals surface area contributed by atoms with E-state index in [1.807, 2.05) is 6.07 Å². The highest BCUT2D eigenvalue weighted by molar-refractivity contribution is 9.10. The highest BCUT2D eigenvalue weighted by Crippen LogP contribution is 2.44. The minimum Gasteiger partial charge on any atom is -0.387 e. The molecule has 19 heavy (non-hydrogen) atoms. The molecule has 1 aromatic heterocycles. The smallest absolute Gasteiger partial charge is 0.107 e. The zero-order chi connectivity index (χ0) is 13.5. The van der Waals surface area contributed by atoms with E-state index in [2.05, 4.69) is 15.9 Å². The lowest BCUT2D eigenvalue weighted by atomic mass is 9.82. The third-order valence-electron chi connectivity index (χ3n) is 4.00. The van der Waals surface area contributed by atoms with E-state index in [-0.39, 0.29) is 11.5 Å². The molecule has 0 saturated carbocycles. The van der Waals surface area contributed by atoms with E-state index in [1.165, 1.54) is 11.3 Å². The van der Waals surface area contributed by atoms with Crippen LogP contribution in [0.2, 0.25) is 4.34 Å². The minimum atomic E-state index is -0.463. The Morgan fingerprint density at radius 1 is 1.53 bits per heavy atom. The van der Waals surface area contributed by atoms with E-state index in [1.54, 1.807) is 0 Å². The molecule has 3 atom stereocenters. The second-order valence-corrected chi connectivity index (χ2v) is 7.84. The van der Waals surface area contributed by atoms with E-state index >= 15 is 0 Å². The van der Waals surface area contributed by atoms with Crippen LogP contribution in [0.25, 0.3) is 0 Å². The van der Waals surface area contributed by atoms with Crippen LogP contribution in [-0.2, 0) is 9.47 Å². The van der Waals surface area contributed by atoms with Gasteiger partial charge in [-0.2, -0.15) is 0 Å². The van der Waals surface area contributed by atoms with Crippen LogP contribution in [0.1, 0.15) is 30.2 Å². The van der Waals surface area contributed by atoms with Crippen molar-refractivity contribution in [3.05, 3.63) is 19.8 Å². The normalized spacial score (nSPS) is 32.9. The number of aliphatic hydroxyl groups excluding tert-OH is 1. The standard InChI is InChI=1S/C13H16BrClO3S/c14-9-5-10(19-12(9)15)11(16)8-1-3-18-13(6-8)2-4-17-7-13/h5,8,11,16H,1-4,6-7H2. The van der Waals surface area contributed by atoms with Gasteiger partial charge < -0.3 is 14.6 Å². The largest absolute Gasteiger partial charge is 0.387 e. The molecule has 6 heteroatoms. The van der Waals surface area contributed by atoms with Crippen LogP contribution in [-0.4, -0.2) is 30.5 Å².